The third kappa shape index (κ3) is 3.51. The average molecular weight is 307 g/mol. The van der Waals surface area contributed by atoms with Gasteiger partial charge in [-0.1, -0.05) is 0 Å². The quantitative estimate of drug-likeness (QED) is 0.613. The molecule has 0 bridgehead atoms. The second-order valence-electron chi connectivity index (χ2n) is 4.14. The fourth-order valence-corrected chi connectivity index (χ4v) is 1.70. The maximum absolute atomic E-state index is 10.9. The van der Waals surface area contributed by atoms with Crippen molar-refractivity contribution in [3.8, 4) is 11.5 Å². The highest BCUT2D eigenvalue weighted by molar-refractivity contribution is 5.89. The van der Waals surface area contributed by atoms with Crippen molar-refractivity contribution in [1.29, 1.82) is 0 Å². The lowest BCUT2D eigenvalue weighted by molar-refractivity contribution is -0.385. The molecule has 0 aliphatic carbocycles. The third-order valence-corrected chi connectivity index (χ3v) is 2.64. The zero-order valence-corrected chi connectivity index (χ0v) is 11.6. The number of carboxylic acids is 1. The Balaban J connectivity index is 2.06. The van der Waals surface area contributed by atoms with E-state index >= 15 is 0 Å². The summed E-state index contributed by atoms with van der Waals surface area (Å²) >= 11 is 0. The smallest absolute Gasteiger partial charge is 0.363 e. The van der Waals surface area contributed by atoms with E-state index in [9.17, 15) is 14.9 Å². The predicted octanol–water partition coefficient (Wildman–Crippen LogP) is 1.92. The summed E-state index contributed by atoms with van der Waals surface area (Å²) in [4.78, 5) is 20.8. The number of hydrogen-bond acceptors (Lipinski definition) is 6. The maximum Gasteiger partial charge on any atom is 0.363 e. The highest BCUT2D eigenvalue weighted by Crippen LogP contribution is 2.19. The van der Waals surface area contributed by atoms with Gasteiger partial charge in [-0.15, -0.1) is 0 Å². The lowest BCUT2D eigenvalue weighted by Crippen LogP contribution is -2.07. The van der Waals surface area contributed by atoms with E-state index in [1.165, 1.54) is 0 Å². The maximum atomic E-state index is 10.9. The lowest BCUT2D eigenvalue weighted by Gasteiger charge is -2.07. The van der Waals surface area contributed by atoms with Crippen molar-refractivity contribution in [3.05, 3.63) is 46.3 Å². The Labute approximate surface area is 124 Å². The first-order valence-corrected chi connectivity index (χ1v) is 6.32. The summed E-state index contributed by atoms with van der Waals surface area (Å²) < 4.78 is 11.7. The molecule has 116 valence electrons. The molecule has 0 unspecified atom stereocenters. The molecule has 0 radical (unpaired) electrons. The first-order valence-electron chi connectivity index (χ1n) is 6.32. The highest BCUT2D eigenvalue weighted by Gasteiger charge is 2.25. The molecule has 9 heteroatoms. The molecule has 1 aromatic carbocycles. The van der Waals surface area contributed by atoms with Crippen LogP contribution in [-0.4, -0.2) is 32.4 Å². The van der Waals surface area contributed by atoms with Gasteiger partial charge in [-0.3, -0.25) is 10.1 Å². The third-order valence-electron chi connectivity index (χ3n) is 2.64. The second-order valence-corrected chi connectivity index (χ2v) is 4.14. The van der Waals surface area contributed by atoms with Crippen LogP contribution in [0.3, 0.4) is 0 Å². The Bertz CT molecular complexity index is 648. The number of aromatic carboxylic acids is 1. The summed E-state index contributed by atoms with van der Waals surface area (Å²) in [6, 6.07) is 6.77. The van der Waals surface area contributed by atoms with Crippen LogP contribution in [0.5, 0.6) is 11.5 Å². The van der Waals surface area contributed by atoms with Crippen molar-refractivity contribution in [2.45, 2.75) is 13.7 Å². The molecule has 0 aliphatic heterocycles. The standard InChI is InChI=1S/C13H13N3O6/c1-2-21-9-3-5-10(6-4-9)22-8-15-7-11(16(19)20)12(14-15)13(17)18/h3-7H,2,8H2,1H3,(H,17,18). The van der Waals surface area contributed by atoms with Crippen molar-refractivity contribution >= 4 is 11.7 Å². The monoisotopic (exact) mass is 307 g/mol. The molecule has 0 atom stereocenters. The highest BCUT2D eigenvalue weighted by atomic mass is 16.6. The summed E-state index contributed by atoms with van der Waals surface area (Å²) in [6.45, 7) is 2.27. The van der Waals surface area contributed by atoms with Gasteiger partial charge in [-0.25, -0.2) is 9.48 Å². The SMILES string of the molecule is CCOc1ccc(OCn2cc([N+](=O)[O-])c(C(=O)O)n2)cc1. The Hall–Kier alpha value is -3.10. The van der Waals surface area contributed by atoms with Gasteiger partial charge >= 0.3 is 11.7 Å². The summed E-state index contributed by atoms with van der Waals surface area (Å²) in [7, 11) is 0. The number of ether oxygens (including phenoxy) is 2. The van der Waals surface area contributed by atoms with Crippen molar-refractivity contribution in [2.75, 3.05) is 6.61 Å². The molecule has 1 heterocycles. The number of aromatic nitrogens is 2. The van der Waals surface area contributed by atoms with Crippen molar-refractivity contribution in [2.24, 2.45) is 0 Å². The minimum atomic E-state index is -1.47. The van der Waals surface area contributed by atoms with Gasteiger partial charge in [0, 0.05) is 0 Å². The van der Waals surface area contributed by atoms with Gasteiger partial charge in [-0.2, -0.15) is 5.10 Å². The van der Waals surface area contributed by atoms with E-state index in [4.69, 9.17) is 14.6 Å². The van der Waals surface area contributed by atoms with Gasteiger partial charge in [0.15, 0.2) is 6.73 Å². The number of rotatable bonds is 7. The van der Waals surface area contributed by atoms with Crippen LogP contribution in [0.1, 0.15) is 17.4 Å². The van der Waals surface area contributed by atoms with E-state index < -0.39 is 22.3 Å². The predicted molar refractivity (Wildman–Crippen MR) is 74.1 cm³/mol. The van der Waals surface area contributed by atoms with E-state index in [0.717, 1.165) is 10.9 Å². The average Bonchev–Trinajstić information content (AvgIpc) is 2.92. The van der Waals surface area contributed by atoms with E-state index in [1.807, 2.05) is 6.92 Å². The summed E-state index contributed by atoms with van der Waals surface area (Å²) in [5, 5.41) is 23.2. The normalized spacial score (nSPS) is 10.2. The van der Waals surface area contributed by atoms with Crippen molar-refractivity contribution in [3.63, 3.8) is 0 Å². The summed E-state index contributed by atoms with van der Waals surface area (Å²) in [5.41, 5.74) is -1.21. The molecule has 0 aliphatic rings. The molecule has 2 rings (SSSR count). The van der Waals surface area contributed by atoms with Crippen LogP contribution >= 0.6 is 0 Å². The number of nitrogens with zero attached hydrogens (tertiary/aromatic N) is 3. The van der Waals surface area contributed by atoms with Gasteiger partial charge in [0.2, 0.25) is 5.69 Å². The molecule has 2 aromatic rings. The molecule has 1 N–H and O–H groups in total. The minimum absolute atomic E-state index is 0.151. The molecule has 0 saturated carbocycles. The molecular weight excluding hydrogens is 294 g/mol. The van der Waals surface area contributed by atoms with Gasteiger partial charge in [-0.05, 0) is 31.2 Å². The van der Waals surface area contributed by atoms with Crippen LogP contribution in [0.2, 0.25) is 0 Å². The number of hydrogen-bond donors (Lipinski definition) is 1. The van der Waals surface area contributed by atoms with Gasteiger partial charge < -0.3 is 14.6 Å². The van der Waals surface area contributed by atoms with Crippen LogP contribution in [0, 0.1) is 10.1 Å². The first-order chi connectivity index (χ1) is 10.5. The van der Waals surface area contributed by atoms with Crippen molar-refractivity contribution in [1.82, 2.24) is 9.78 Å². The Morgan fingerprint density at radius 1 is 1.32 bits per heavy atom. The lowest BCUT2D eigenvalue weighted by atomic mass is 10.3. The molecule has 0 fully saturated rings. The molecular formula is C13H13N3O6. The summed E-state index contributed by atoms with van der Waals surface area (Å²) in [6.07, 6.45) is 1.01. The fraction of sp³-hybridized carbons (Fsp3) is 0.231. The Morgan fingerprint density at radius 2 is 1.91 bits per heavy atom. The number of carboxylic acid groups (broad SMARTS) is 1. The number of nitro groups is 1. The van der Waals surface area contributed by atoms with E-state index in [0.29, 0.717) is 18.1 Å². The Morgan fingerprint density at radius 3 is 2.36 bits per heavy atom. The van der Waals surface area contributed by atoms with Crippen LogP contribution < -0.4 is 9.47 Å². The molecule has 0 spiro atoms. The molecule has 0 amide bonds. The zero-order chi connectivity index (χ0) is 16.1. The molecule has 22 heavy (non-hydrogen) atoms. The molecule has 9 nitrogen and oxygen atoms in total. The van der Waals surface area contributed by atoms with E-state index in [2.05, 4.69) is 5.10 Å². The van der Waals surface area contributed by atoms with Crippen molar-refractivity contribution < 1.29 is 24.3 Å². The van der Waals surface area contributed by atoms with Crippen LogP contribution in [0.4, 0.5) is 5.69 Å². The first kappa shape index (κ1) is 15.3. The minimum Gasteiger partial charge on any atom is -0.494 e. The topological polar surface area (TPSA) is 117 Å². The fourth-order valence-electron chi connectivity index (χ4n) is 1.70. The number of benzene rings is 1. The molecule has 0 saturated heterocycles. The van der Waals surface area contributed by atoms with E-state index in [1.54, 1.807) is 24.3 Å². The van der Waals surface area contributed by atoms with Crippen LogP contribution in [0.25, 0.3) is 0 Å². The van der Waals surface area contributed by atoms with Crippen LogP contribution in [-0.2, 0) is 6.73 Å². The molecule has 1 aromatic heterocycles. The largest absolute Gasteiger partial charge is 0.494 e. The summed E-state index contributed by atoms with van der Waals surface area (Å²) in [5.74, 6) is -0.275. The van der Waals surface area contributed by atoms with Gasteiger partial charge in [0.05, 0.1) is 11.5 Å². The number of carbonyl (C=O) groups is 1. The van der Waals surface area contributed by atoms with Crippen LogP contribution in [0.15, 0.2) is 30.5 Å². The van der Waals surface area contributed by atoms with Gasteiger partial charge in [0.25, 0.3) is 0 Å². The Kier molecular flexibility index (Phi) is 4.57. The zero-order valence-electron chi connectivity index (χ0n) is 11.6. The second kappa shape index (κ2) is 6.57. The van der Waals surface area contributed by atoms with E-state index in [-0.39, 0.29) is 6.73 Å². The van der Waals surface area contributed by atoms with Gasteiger partial charge in [0.1, 0.15) is 17.7 Å².